The van der Waals surface area contributed by atoms with Gasteiger partial charge in [0.15, 0.2) is 0 Å². The highest BCUT2D eigenvalue weighted by Gasteiger charge is 2.45. The number of pyridine rings is 1. The maximum Gasteiger partial charge on any atom is 0.274 e. The van der Waals surface area contributed by atoms with Gasteiger partial charge in [-0.3, -0.25) is 9.78 Å². The Hall–Kier alpha value is -2.54. The van der Waals surface area contributed by atoms with Gasteiger partial charge in [-0.2, -0.15) is 0 Å². The number of carbonyl (C=O) groups is 1. The van der Waals surface area contributed by atoms with Crippen LogP contribution in [0, 0.1) is 0 Å². The smallest absolute Gasteiger partial charge is 0.274 e. The fraction of sp³-hybridized carbons (Fsp3) is 0.412. The number of aromatic nitrogens is 3. The van der Waals surface area contributed by atoms with Crippen LogP contribution in [-0.2, 0) is 4.74 Å². The molecule has 4 heterocycles. The van der Waals surface area contributed by atoms with Crippen molar-refractivity contribution in [2.45, 2.75) is 31.1 Å². The minimum Gasteiger partial charge on any atom is -0.471 e. The van der Waals surface area contributed by atoms with Gasteiger partial charge in [0.2, 0.25) is 5.88 Å². The lowest BCUT2D eigenvalue weighted by atomic mass is 9.95. The van der Waals surface area contributed by atoms with E-state index in [0.717, 1.165) is 6.42 Å². The molecule has 2 aliphatic heterocycles. The van der Waals surface area contributed by atoms with Crippen LogP contribution in [0.5, 0.6) is 5.88 Å². The first-order valence-electron chi connectivity index (χ1n) is 8.09. The van der Waals surface area contributed by atoms with E-state index in [1.165, 1.54) is 12.4 Å². The molecule has 2 aromatic rings. The Morgan fingerprint density at radius 3 is 2.96 bits per heavy atom. The van der Waals surface area contributed by atoms with E-state index in [4.69, 9.17) is 9.47 Å². The summed E-state index contributed by atoms with van der Waals surface area (Å²) in [6.45, 7) is 1.24. The van der Waals surface area contributed by atoms with E-state index < -0.39 is 0 Å². The average molecular weight is 326 g/mol. The molecule has 0 bridgehead atoms. The molecule has 0 aromatic carbocycles. The molecule has 0 aliphatic carbocycles. The molecule has 124 valence electrons. The Balaban J connectivity index is 1.50. The zero-order chi connectivity index (χ0) is 16.4. The Morgan fingerprint density at radius 1 is 1.21 bits per heavy atom. The molecule has 0 unspecified atom stereocenters. The summed E-state index contributed by atoms with van der Waals surface area (Å²) in [5, 5.41) is 0. The van der Waals surface area contributed by atoms with Gasteiger partial charge >= 0.3 is 0 Å². The van der Waals surface area contributed by atoms with Crippen molar-refractivity contribution in [3.63, 3.8) is 0 Å². The van der Waals surface area contributed by atoms with Gasteiger partial charge in [0, 0.05) is 44.2 Å². The van der Waals surface area contributed by atoms with Crippen molar-refractivity contribution in [1.29, 1.82) is 0 Å². The first kappa shape index (κ1) is 15.0. The number of rotatable bonds is 3. The largest absolute Gasteiger partial charge is 0.471 e. The number of likely N-dealkylation sites (tertiary alicyclic amines) is 1. The van der Waals surface area contributed by atoms with Gasteiger partial charge < -0.3 is 14.4 Å². The molecule has 1 amide bonds. The van der Waals surface area contributed by atoms with E-state index in [1.54, 1.807) is 12.4 Å². The van der Waals surface area contributed by atoms with Crippen molar-refractivity contribution in [2.24, 2.45) is 0 Å². The van der Waals surface area contributed by atoms with E-state index in [-0.39, 0.29) is 24.2 Å². The molecule has 24 heavy (non-hydrogen) atoms. The van der Waals surface area contributed by atoms with E-state index in [9.17, 15) is 4.79 Å². The second-order valence-corrected chi connectivity index (χ2v) is 5.89. The van der Waals surface area contributed by atoms with Crippen molar-refractivity contribution in [3.8, 4) is 5.88 Å². The van der Waals surface area contributed by atoms with Gasteiger partial charge in [0.05, 0.1) is 12.2 Å². The quantitative estimate of drug-likeness (QED) is 0.847. The number of nitrogens with zero attached hydrogens (tertiary/aromatic N) is 4. The molecule has 0 radical (unpaired) electrons. The van der Waals surface area contributed by atoms with Gasteiger partial charge in [0.25, 0.3) is 5.91 Å². The highest BCUT2D eigenvalue weighted by Crippen LogP contribution is 2.31. The minimum atomic E-state index is -0.138. The molecule has 3 atom stereocenters. The third kappa shape index (κ3) is 2.82. The van der Waals surface area contributed by atoms with Gasteiger partial charge in [-0.1, -0.05) is 6.07 Å². The summed E-state index contributed by atoms with van der Waals surface area (Å²) < 4.78 is 11.9. The maximum atomic E-state index is 12.7. The van der Waals surface area contributed by atoms with Gasteiger partial charge in [-0.05, 0) is 12.5 Å². The summed E-state index contributed by atoms with van der Waals surface area (Å²) in [5.74, 6) is 0.491. The summed E-state index contributed by atoms with van der Waals surface area (Å²) in [5.41, 5.74) is 0.368. The van der Waals surface area contributed by atoms with Crippen molar-refractivity contribution in [1.82, 2.24) is 19.9 Å². The lowest BCUT2D eigenvalue weighted by Gasteiger charge is -2.40. The highest BCUT2D eigenvalue weighted by atomic mass is 16.5. The zero-order valence-corrected chi connectivity index (χ0v) is 13.1. The lowest BCUT2D eigenvalue weighted by Crippen LogP contribution is -2.56. The molecule has 2 aromatic heterocycles. The lowest BCUT2D eigenvalue weighted by molar-refractivity contribution is -0.0477. The summed E-state index contributed by atoms with van der Waals surface area (Å²) in [6, 6.07) is 5.58. The van der Waals surface area contributed by atoms with Crippen LogP contribution in [0.3, 0.4) is 0 Å². The molecule has 2 fully saturated rings. The average Bonchev–Trinajstić information content (AvgIpc) is 3.13. The predicted octanol–water partition coefficient (Wildman–Crippen LogP) is 1.32. The number of piperidine rings is 1. The fourth-order valence-electron chi connectivity index (χ4n) is 3.39. The van der Waals surface area contributed by atoms with Gasteiger partial charge in [-0.25, -0.2) is 9.97 Å². The molecule has 2 aliphatic rings. The van der Waals surface area contributed by atoms with Gasteiger partial charge in [-0.15, -0.1) is 0 Å². The van der Waals surface area contributed by atoms with Crippen LogP contribution in [0.2, 0.25) is 0 Å². The summed E-state index contributed by atoms with van der Waals surface area (Å²) in [6.07, 6.45) is 7.57. The number of ether oxygens (including phenoxy) is 2. The van der Waals surface area contributed by atoms with Crippen LogP contribution in [0.4, 0.5) is 0 Å². The van der Waals surface area contributed by atoms with E-state index in [2.05, 4.69) is 15.0 Å². The van der Waals surface area contributed by atoms with Crippen LogP contribution >= 0.6 is 0 Å². The number of hydrogen-bond acceptors (Lipinski definition) is 6. The molecular weight excluding hydrogens is 308 g/mol. The third-order valence-electron chi connectivity index (χ3n) is 4.48. The molecule has 0 saturated carbocycles. The second kappa shape index (κ2) is 6.52. The Kier molecular flexibility index (Phi) is 4.08. The number of amides is 1. The Morgan fingerprint density at radius 2 is 2.17 bits per heavy atom. The zero-order valence-electron chi connectivity index (χ0n) is 13.1. The maximum absolute atomic E-state index is 12.7. The van der Waals surface area contributed by atoms with E-state index >= 15 is 0 Å². The molecule has 2 saturated heterocycles. The topological polar surface area (TPSA) is 77.4 Å². The molecule has 4 rings (SSSR count). The highest BCUT2D eigenvalue weighted by molar-refractivity contribution is 5.92. The fourth-order valence-corrected chi connectivity index (χ4v) is 3.39. The minimum absolute atomic E-state index is 0.00182. The van der Waals surface area contributed by atoms with Gasteiger partial charge in [0.1, 0.15) is 17.9 Å². The Bertz CT molecular complexity index is 697. The van der Waals surface area contributed by atoms with Crippen molar-refractivity contribution >= 4 is 5.91 Å². The van der Waals surface area contributed by atoms with Crippen LogP contribution in [0.15, 0.2) is 43.0 Å². The van der Waals surface area contributed by atoms with Crippen LogP contribution in [0.1, 0.15) is 23.3 Å². The molecule has 7 heteroatoms. The molecule has 0 N–H and O–H groups in total. The third-order valence-corrected chi connectivity index (χ3v) is 4.48. The number of hydrogen-bond donors (Lipinski definition) is 0. The molecular formula is C17H18N4O3. The first-order valence-corrected chi connectivity index (χ1v) is 8.09. The monoisotopic (exact) mass is 326 g/mol. The summed E-state index contributed by atoms with van der Waals surface area (Å²) in [7, 11) is 0. The van der Waals surface area contributed by atoms with E-state index in [0.29, 0.717) is 31.1 Å². The Labute approximate surface area is 139 Å². The number of carbonyl (C=O) groups excluding carboxylic acids is 1. The van der Waals surface area contributed by atoms with Crippen LogP contribution < -0.4 is 4.74 Å². The van der Waals surface area contributed by atoms with E-state index in [1.807, 2.05) is 23.1 Å². The summed E-state index contributed by atoms with van der Waals surface area (Å²) >= 11 is 0. The SMILES string of the molecule is O=C(c1cnccn1)N1CC[C@@H](Oc2ccccn2)[C@H]2OCC[C@@H]21. The standard InChI is InChI=1S/C17H18N4O3/c22-17(12-11-18-7-8-19-12)21-9-4-14(16-13(21)5-10-23-16)24-15-3-1-2-6-20-15/h1-3,6-8,11,13-14,16H,4-5,9-10H2/t13-,14+,16-/m0/s1. The summed E-state index contributed by atoms with van der Waals surface area (Å²) in [4.78, 5) is 26.9. The van der Waals surface area contributed by atoms with Crippen molar-refractivity contribution in [2.75, 3.05) is 13.2 Å². The van der Waals surface area contributed by atoms with Crippen molar-refractivity contribution < 1.29 is 14.3 Å². The van der Waals surface area contributed by atoms with Crippen LogP contribution in [0.25, 0.3) is 0 Å². The predicted molar refractivity (Wildman–Crippen MR) is 84.5 cm³/mol. The normalized spacial score (nSPS) is 26.0. The number of fused-ring (bicyclic) bond motifs is 1. The first-order chi connectivity index (χ1) is 11.8. The van der Waals surface area contributed by atoms with Crippen molar-refractivity contribution in [3.05, 3.63) is 48.7 Å². The van der Waals surface area contributed by atoms with Crippen LogP contribution in [-0.4, -0.2) is 57.2 Å². The molecule has 7 nitrogen and oxygen atoms in total. The second-order valence-electron chi connectivity index (χ2n) is 5.89. The molecule has 0 spiro atoms.